The van der Waals surface area contributed by atoms with Crippen molar-refractivity contribution in [3.8, 4) is 0 Å². The minimum atomic E-state index is -0.0934. The van der Waals surface area contributed by atoms with Gasteiger partial charge in [-0.3, -0.25) is 4.79 Å². The first kappa shape index (κ1) is 18.9. The predicted molar refractivity (Wildman–Crippen MR) is 117 cm³/mol. The summed E-state index contributed by atoms with van der Waals surface area (Å²) in [6, 6.07) is 7.42. The second-order valence-corrected chi connectivity index (χ2v) is 9.22. The third kappa shape index (κ3) is 3.86. The molecule has 5 nitrogen and oxygen atoms in total. The maximum atomic E-state index is 12.7. The maximum Gasteiger partial charge on any atom is 0.270 e. The van der Waals surface area contributed by atoms with Crippen LogP contribution in [0.4, 0.5) is 11.4 Å². The highest BCUT2D eigenvalue weighted by atomic mass is 35.5. The number of carbonyl (C=O) groups excluding carboxylic acids is 1. The van der Waals surface area contributed by atoms with E-state index in [1.54, 1.807) is 24.4 Å². The van der Waals surface area contributed by atoms with Crippen LogP contribution in [0.3, 0.4) is 0 Å². The van der Waals surface area contributed by atoms with E-state index in [-0.39, 0.29) is 11.9 Å². The molecule has 0 atom stereocenters. The van der Waals surface area contributed by atoms with Crippen LogP contribution in [0.1, 0.15) is 54.6 Å². The maximum absolute atomic E-state index is 12.7. The Morgan fingerprint density at radius 3 is 2.59 bits per heavy atom. The molecule has 2 aliphatic carbocycles. The molecule has 3 aliphatic rings. The van der Waals surface area contributed by atoms with Crippen molar-refractivity contribution in [3.63, 3.8) is 0 Å². The zero-order valence-electron chi connectivity index (χ0n) is 16.0. The fourth-order valence-corrected chi connectivity index (χ4v) is 4.85. The van der Waals surface area contributed by atoms with E-state index in [2.05, 4.69) is 20.6 Å². The van der Waals surface area contributed by atoms with Crippen molar-refractivity contribution in [2.75, 3.05) is 5.32 Å². The van der Waals surface area contributed by atoms with Crippen LogP contribution < -0.4 is 10.6 Å². The summed E-state index contributed by atoms with van der Waals surface area (Å²) in [4.78, 5) is 21.6. The van der Waals surface area contributed by atoms with E-state index in [4.69, 9.17) is 23.2 Å². The van der Waals surface area contributed by atoms with E-state index in [0.717, 1.165) is 29.9 Å². The number of para-hydroxylation sites is 1. The van der Waals surface area contributed by atoms with E-state index in [9.17, 15) is 4.79 Å². The number of carbonyl (C=O) groups is 1. The van der Waals surface area contributed by atoms with Crippen LogP contribution in [0, 0.1) is 5.41 Å². The van der Waals surface area contributed by atoms with E-state index in [0.29, 0.717) is 33.3 Å². The van der Waals surface area contributed by atoms with Gasteiger partial charge in [0.1, 0.15) is 17.2 Å². The van der Waals surface area contributed by atoms with Gasteiger partial charge < -0.3 is 10.6 Å². The molecule has 2 fully saturated rings. The molecule has 1 amide bonds. The van der Waals surface area contributed by atoms with Crippen LogP contribution >= 0.6 is 23.2 Å². The molecule has 7 heteroatoms. The number of nitrogens with zero attached hydrogens (tertiary/aromatic N) is 2. The van der Waals surface area contributed by atoms with Crippen molar-refractivity contribution in [2.24, 2.45) is 10.4 Å². The van der Waals surface area contributed by atoms with Gasteiger partial charge in [0.15, 0.2) is 0 Å². The number of aliphatic imine (C=N–C) groups is 1. The van der Waals surface area contributed by atoms with Crippen LogP contribution in [0.25, 0.3) is 0 Å². The largest absolute Gasteiger partial charge is 0.348 e. The van der Waals surface area contributed by atoms with Gasteiger partial charge in [-0.05, 0) is 67.7 Å². The summed E-state index contributed by atoms with van der Waals surface area (Å²) in [7, 11) is 0. The fourth-order valence-electron chi connectivity index (χ4n) is 4.37. The zero-order chi connectivity index (χ0) is 20.0. The molecule has 0 unspecified atom stereocenters. The molecule has 2 saturated carbocycles. The summed E-state index contributed by atoms with van der Waals surface area (Å²) < 4.78 is 0. The smallest absolute Gasteiger partial charge is 0.270 e. The normalized spacial score (nSPS) is 21.1. The number of fused-ring (bicyclic) bond motifs is 1. The van der Waals surface area contributed by atoms with Crippen LogP contribution in [0.15, 0.2) is 35.5 Å². The number of aromatic nitrogens is 1. The third-order valence-electron chi connectivity index (χ3n) is 6.38. The van der Waals surface area contributed by atoms with E-state index < -0.39 is 0 Å². The highest BCUT2D eigenvalue weighted by Crippen LogP contribution is 2.56. The van der Waals surface area contributed by atoms with Crippen LogP contribution in [0.5, 0.6) is 0 Å². The van der Waals surface area contributed by atoms with Crippen molar-refractivity contribution in [2.45, 2.75) is 51.0 Å². The lowest BCUT2D eigenvalue weighted by Crippen LogP contribution is -2.38. The minimum absolute atomic E-state index is 0.0934. The molecule has 2 aromatic rings. The number of hydrogen-bond acceptors (Lipinski definition) is 3. The van der Waals surface area contributed by atoms with Crippen LogP contribution in [-0.4, -0.2) is 22.8 Å². The number of rotatable bonds is 3. The lowest BCUT2D eigenvalue weighted by atomic mass is 9.83. The van der Waals surface area contributed by atoms with Crippen molar-refractivity contribution >= 4 is 46.3 Å². The second-order valence-electron chi connectivity index (χ2n) is 8.40. The molecule has 0 radical (unpaired) electrons. The first-order valence-electron chi connectivity index (χ1n) is 10.1. The van der Waals surface area contributed by atoms with Gasteiger partial charge in [0.2, 0.25) is 0 Å². The second kappa shape index (κ2) is 7.29. The summed E-state index contributed by atoms with van der Waals surface area (Å²) in [6.45, 7) is 0. The summed E-state index contributed by atoms with van der Waals surface area (Å²) in [5.74, 6) is 0.639. The number of nitrogens with one attached hydrogen (secondary N) is 2. The monoisotopic (exact) mass is 428 g/mol. The molecule has 29 heavy (non-hydrogen) atoms. The molecule has 1 aliphatic heterocycles. The van der Waals surface area contributed by atoms with Gasteiger partial charge in [0.25, 0.3) is 5.91 Å². The SMILES string of the molecule is O=C(NC1CCC2(CC1)CC2)c1cc2c(cn1)NC(=Nc1c(Cl)cccc1Cl)C2. The number of pyridine rings is 1. The van der Waals surface area contributed by atoms with Gasteiger partial charge in [-0.25, -0.2) is 9.98 Å². The van der Waals surface area contributed by atoms with Gasteiger partial charge in [0, 0.05) is 12.5 Å². The highest BCUT2D eigenvalue weighted by Gasteiger charge is 2.44. The van der Waals surface area contributed by atoms with E-state index in [1.807, 2.05) is 6.07 Å². The Balaban J connectivity index is 1.27. The average Bonchev–Trinajstić information content (AvgIpc) is 3.34. The van der Waals surface area contributed by atoms with E-state index in [1.165, 1.54) is 25.7 Å². The first-order valence-corrected chi connectivity index (χ1v) is 10.9. The molecular formula is C22H22Cl2N4O. The number of benzene rings is 1. The third-order valence-corrected chi connectivity index (χ3v) is 6.99. The predicted octanol–water partition coefficient (Wildman–Crippen LogP) is 5.54. The Labute approximate surface area is 179 Å². The van der Waals surface area contributed by atoms with E-state index >= 15 is 0 Å². The number of halogens is 2. The summed E-state index contributed by atoms with van der Waals surface area (Å²) in [5, 5.41) is 7.41. The summed E-state index contributed by atoms with van der Waals surface area (Å²) >= 11 is 12.4. The van der Waals surface area contributed by atoms with Crippen molar-refractivity contribution in [1.82, 2.24) is 10.3 Å². The Hall–Kier alpha value is -2.11. The Kier molecular flexibility index (Phi) is 4.75. The molecule has 1 aromatic heterocycles. The van der Waals surface area contributed by atoms with Gasteiger partial charge in [-0.2, -0.15) is 0 Å². The number of amides is 1. The van der Waals surface area contributed by atoms with Gasteiger partial charge in [-0.1, -0.05) is 29.3 Å². The Morgan fingerprint density at radius 1 is 1.17 bits per heavy atom. The standard InChI is InChI=1S/C22H22Cl2N4O/c23-15-2-1-3-16(24)20(15)28-19-11-13-10-17(25-12-18(13)27-19)21(29)26-14-4-6-22(7-5-14)8-9-22/h1-3,10,12,14H,4-9,11H2,(H,26,29)(H,27,28). The molecule has 2 heterocycles. The molecule has 150 valence electrons. The average molecular weight is 429 g/mol. The number of anilines is 1. The van der Waals surface area contributed by atoms with Crippen molar-refractivity contribution in [3.05, 3.63) is 51.8 Å². The molecule has 1 spiro atoms. The Morgan fingerprint density at radius 2 is 1.90 bits per heavy atom. The lowest BCUT2D eigenvalue weighted by molar-refractivity contribution is 0.0914. The molecule has 0 saturated heterocycles. The van der Waals surface area contributed by atoms with Gasteiger partial charge in [-0.15, -0.1) is 0 Å². The number of hydrogen-bond donors (Lipinski definition) is 2. The molecule has 0 bridgehead atoms. The molecular weight excluding hydrogens is 407 g/mol. The highest BCUT2D eigenvalue weighted by molar-refractivity contribution is 6.39. The van der Waals surface area contributed by atoms with Crippen LogP contribution in [-0.2, 0) is 6.42 Å². The molecule has 1 aromatic carbocycles. The molecule has 2 N–H and O–H groups in total. The molecule has 5 rings (SSSR count). The van der Waals surface area contributed by atoms with Crippen molar-refractivity contribution < 1.29 is 4.79 Å². The van der Waals surface area contributed by atoms with Gasteiger partial charge in [0.05, 0.1) is 21.9 Å². The van der Waals surface area contributed by atoms with Crippen LogP contribution in [0.2, 0.25) is 10.0 Å². The topological polar surface area (TPSA) is 66.4 Å². The lowest BCUT2D eigenvalue weighted by Gasteiger charge is -2.28. The first-order chi connectivity index (χ1) is 14.0. The fraction of sp³-hybridized carbons (Fsp3) is 0.409. The Bertz CT molecular complexity index is 986. The van der Waals surface area contributed by atoms with Gasteiger partial charge >= 0.3 is 0 Å². The van der Waals surface area contributed by atoms with Crippen molar-refractivity contribution in [1.29, 1.82) is 0 Å². The minimum Gasteiger partial charge on any atom is -0.348 e. The zero-order valence-corrected chi connectivity index (χ0v) is 17.5. The number of amidine groups is 1. The quantitative estimate of drug-likeness (QED) is 0.674. The summed E-state index contributed by atoms with van der Waals surface area (Å²) in [6.07, 6.45) is 9.65. The summed E-state index contributed by atoms with van der Waals surface area (Å²) in [5.41, 5.74) is 3.47.